The lowest BCUT2D eigenvalue weighted by molar-refractivity contribution is 0.581. The molecule has 3 nitrogen and oxygen atoms in total. The maximum absolute atomic E-state index is 10.8. The fourth-order valence-electron chi connectivity index (χ4n) is 1.19. The molecule has 3 heteroatoms. The van der Waals surface area contributed by atoms with E-state index in [1.54, 1.807) is 0 Å². The summed E-state index contributed by atoms with van der Waals surface area (Å²) >= 11 is 0. The normalized spacial score (nSPS) is 11.0. The first-order chi connectivity index (χ1) is 5.59. The molecule has 0 saturated carbocycles. The van der Waals surface area contributed by atoms with E-state index in [0.29, 0.717) is 5.92 Å². The zero-order valence-electron chi connectivity index (χ0n) is 7.90. The summed E-state index contributed by atoms with van der Waals surface area (Å²) in [5, 5.41) is 0. The van der Waals surface area contributed by atoms with Crippen LogP contribution in [0.15, 0.2) is 4.79 Å². The predicted octanol–water partition coefficient (Wildman–Crippen LogP) is 1.60. The number of aromatic nitrogens is 2. The molecular weight excluding hydrogens is 152 g/mol. The smallest absolute Gasteiger partial charge is 0.310 e. The van der Waals surface area contributed by atoms with E-state index in [2.05, 4.69) is 23.8 Å². The van der Waals surface area contributed by atoms with Crippen LogP contribution in [0.4, 0.5) is 0 Å². The Balaban J connectivity index is 2.63. The SMILES string of the molecule is Cc1[nH]c(=O)[nH]c1CCC(C)C. The first-order valence-electron chi connectivity index (χ1n) is 4.37. The first-order valence-corrected chi connectivity index (χ1v) is 4.37. The maximum Gasteiger partial charge on any atom is 0.323 e. The fourth-order valence-corrected chi connectivity index (χ4v) is 1.19. The standard InChI is InChI=1S/C9H16N2O/c1-6(2)4-5-8-7(3)10-9(12)11-8/h6H,4-5H2,1-3H3,(H2,10,11,12). The highest BCUT2D eigenvalue weighted by Crippen LogP contribution is 2.07. The number of aromatic amines is 2. The summed E-state index contributed by atoms with van der Waals surface area (Å²) < 4.78 is 0. The van der Waals surface area contributed by atoms with Gasteiger partial charge in [0.15, 0.2) is 0 Å². The van der Waals surface area contributed by atoms with Crippen LogP contribution in [-0.2, 0) is 6.42 Å². The van der Waals surface area contributed by atoms with Crippen LogP contribution in [0.2, 0.25) is 0 Å². The lowest BCUT2D eigenvalue weighted by Gasteiger charge is -2.02. The molecule has 0 aliphatic carbocycles. The summed E-state index contributed by atoms with van der Waals surface area (Å²) in [6.07, 6.45) is 2.08. The van der Waals surface area contributed by atoms with Gasteiger partial charge in [-0.1, -0.05) is 13.8 Å². The Morgan fingerprint density at radius 2 is 2.00 bits per heavy atom. The van der Waals surface area contributed by atoms with Crippen LogP contribution in [0.5, 0.6) is 0 Å². The summed E-state index contributed by atoms with van der Waals surface area (Å²) in [5.41, 5.74) is 1.93. The molecule has 0 bridgehead atoms. The molecule has 1 aromatic heterocycles. The molecule has 0 atom stereocenters. The molecule has 0 aliphatic rings. The molecule has 0 aromatic carbocycles. The minimum atomic E-state index is -0.0914. The molecule has 0 fully saturated rings. The number of hydrogen-bond donors (Lipinski definition) is 2. The Kier molecular flexibility index (Phi) is 2.74. The van der Waals surface area contributed by atoms with Crippen LogP contribution >= 0.6 is 0 Å². The van der Waals surface area contributed by atoms with E-state index in [0.717, 1.165) is 24.2 Å². The van der Waals surface area contributed by atoms with Gasteiger partial charge in [-0.15, -0.1) is 0 Å². The Hall–Kier alpha value is -0.990. The van der Waals surface area contributed by atoms with Crippen molar-refractivity contribution in [3.8, 4) is 0 Å². The summed E-state index contributed by atoms with van der Waals surface area (Å²) in [4.78, 5) is 16.4. The Bertz CT molecular complexity index is 296. The highest BCUT2D eigenvalue weighted by molar-refractivity contribution is 5.08. The van der Waals surface area contributed by atoms with Crippen molar-refractivity contribution in [2.45, 2.75) is 33.6 Å². The van der Waals surface area contributed by atoms with Crippen LogP contribution < -0.4 is 5.69 Å². The van der Waals surface area contributed by atoms with Crippen LogP contribution in [-0.4, -0.2) is 9.97 Å². The van der Waals surface area contributed by atoms with Gasteiger partial charge in [0.05, 0.1) is 0 Å². The minimum absolute atomic E-state index is 0.0914. The largest absolute Gasteiger partial charge is 0.323 e. The van der Waals surface area contributed by atoms with Gasteiger partial charge in [-0.3, -0.25) is 0 Å². The van der Waals surface area contributed by atoms with Crippen molar-refractivity contribution in [2.75, 3.05) is 0 Å². The van der Waals surface area contributed by atoms with Gasteiger partial charge in [-0.25, -0.2) is 4.79 Å². The molecule has 0 spiro atoms. The summed E-state index contributed by atoms with van der Waals surface area (Å²) in [7, 11) is 0. The minimum Gasteiger partial charge on any atom is -0.310 e. The average molecular weight is 168 g/mol. The molecule has 0 aliphatic heterocycles. The van der Waals surface area contributed by atoms with Crippen molar-refractivity contribution in [2.24, 2.45) is 5.92 Å². The molecule has 68 valence electrons. The van der Waals surface area contributed by atoms with Crippen molar-refractivity contribution in [3.63, 3.8) is 0 Å². The van der Waals surface area contributed by atoms with Gasteiger partial charge in [-0.05, 0) is 25.7 Å². The van der Waals surface area contributed by atoms with Crippen molar-refractivity contribution in [1.29, 1.82) is 0 Å². The fraction of sp³-hybridized carbons (Fsp3) is 0.667. The molecule has 1 heterocycles. The third-order valence-electron chi connectivity index (χ3n) is 1.99. The molecule has 0 radical (unpaired) electrons. The van der Waals surface area contributed by atoms with Gasteiger partial charge in [0.1, 0.15) is 0 Å². The predicted molar refractivity (Wildman–Crippen MR) is 49.3 cm³/mol. The van der Waals surface area contributed by atoms with Crippen molar-refractivity contribution in [1.82, 2.24) is 9.97 Å². The van der Waals surface area contributed by atoms with Crippen LogP contribution in [0.1, 0.15) is 31.7 Å². The molecule has 0 unspecified atom stereocenters. The maximum atomic E-state index is 10.8. The number of rotatable bonds is 3. The van der Waals surface area contributed by atoms with E-state index in [1.165, 1.54) is 0 Å². The number of imidazole rings is 1. The Labute approximate surface area is 72.2 Å². The lowest BCUT2D eigenvalue weighted by atomic mass is 10.1. The second kappa shape index (κ2) is 3.61. The Morgan fingerprint density at radius 1 is 1.33 bits per heavy atom. The summed E-state index contributed by atoms with van der Waals surface area (Å²) in [6, 6.07) is 0. The monoisotopic (exact) mass is 168 g/mol. The molecule has 12 heavy (non-hydrogen) atoms. The molecule has 0 saturated heterocycles. The Morgan fingerprint density at radius 3 is 2.42 bits per heavy atom. The van der Waals surface area contributed by atoms with Crippen LogP contribution in [0.3, 0.4) is 0 Å². The van der Waals surface area contributed by atoms with Gasteiger partial charge >= 0.3 is 5.69 Å². The molecule has 1 aromatic rings. The first kappa shape index (κ1) is 9.10. The van der Waals surface area contributed by atoms with Gasteiger partial charge in [-0.2, -0.15) is 0 Å². The average Bonchev–Trinajstić information content (AvgIpc) is 2.26. The molecule has 1 rings (SSSR count). The van der Waals surface area contributed by atoms with E-state index < -0.39 is 0 Å². The van der Waals surface area contributed by atoms with E-state index in [1.807, 2.05) is 6.92 Å². The van der Waals surface area contributed by atoms with E-state index in [-0.39, 0.29) is 5.69 Å². The number of nitrogens with one attached hydrogen (secondary N) is 2. The zero-order valence-corrected chi connectivity index (χ0v) is 7.90. The highest BCUT2D eigenvalue weighted by atomic mass is 16.1. The second-order valence-electron chi connectivity index (χ2n) is 3.62. The molecule has 2 N–H and O–H groups in total. The van der Waals surface area contributed by atoms with Crippen LogP contribution in [0.25, 0.3) is 0 Å². The van der Waals surface area contributed by atoms with Crippen molar-refractivity contribution >= 4 is 0 Å². The van der Waals surface area contributed by atoms with E-state index >= 15 is 0 Å². The molecular formula is C9H16N2O. The number of aryl methyl sites for hydroxylation is 2. The second-order valence-corrected chi connectivity index (χ2v) is 3.62. The topological polar surface area (TPSA) is 48.6 Å². The zero-order chi connectivity index (χ0) is 9.14. The van der Waals surface area contributed by atoms with E-state index in [4.69, 9.17) is 0 Å². The third-order valence-corrected chi connectivity index (χ3v) is 1.99. The number of H-pyrrole nitrogens is 2. The highest BCUT2D eigenvalue weighted by Gasteiger charge is 2.02. The van der Waals surface area contributed by atoms with Gasteiger partial charge in [0.2, 0.25) is 0 Å². The quantitative estimate of drug-likeness (QED) is 0.707. The van der Waals surface area contributed by atoms with Crippen molar-refractivity contribution in [3.05, 3.63) is 21.9 Å². The van der Waals surface area contributed by atoms with Gasteiger partial charge in [0.25, 0.3) is 0 Å². The summed E-state index contributed by atoms with van der Waals surface area (Å²) in [6.45, 7) is 6.29. The summed E-state index contributed by atoms with van der Waals surface area (Å²) in [5.74, 6) is 0.683. The van der Waals surface area contributed by atoms with E-state index in [9.17, 15) is 4.79 Å². The van der Waals surface area contributed by atoms with Gasteiger partial charge < -0.3 is 9.97 Å². The number of hydrogen-bond acceptors (Lipinski definition) is 1. The van der Waals surface area contributed by atoms with Crippen LogP contribution in [0, 0.1) is 12.8 Å². The third kappa shape index (κ3) is 2.26. The molecule has 0 amide bonds. The lowest BCUT2D eigenvalue weighted by Crippen LogP contribution is -2.01. The van der Waals surface area contributed by atoms with Gasteiger partial charge in [0, 0.05) is 11.4 Å². The van der Waals surface area contributed by atoms with Crippen molar-refractivity contribution < 1.29 is 0 Å².